The van der Waals surface area contributed by atoms with Crippen LogP contribution in [0.15, 0.2) is 85.1 Å². The number of halogens is 1. The first kappa shape index (κ1) is 19.7. The molecule has 1 aliphatic rings. The van der Waals surface area contributed by atoms with Crippen LogP contribution in [0.3, 0.4) is 0 Å². The Balaban J connectivity index is 1.54. The van der Waals surface area contributed by atoms with Crippen molar-refractivity contribution >= 4 is 0 Å². The molecule has 1 aliphatic heterocycles. The van der Waals surface area contributed by atoms with E-state index in [0.29, 0.717) is 5.56 Å². The van der Waals surface area contributed by atoms with Crippen LogP contribution < -0.4 is 0 Å². The predicted octanol–water partition coefficient (Wildman–Crippen LogP) is 6.33. The number of benzene rings is 3. The van der Waals surface area contributed by atoms with Crippen molar-refractivity contribution < 1.29 is 4.39 Å². The molecule has 1 saturated heterocycles. The van der Waals surface area contributed by atoms with Crippen molar-refractivity contribution in [3.8, 4) is 28.1 Å². The van der Waals surface area contributed by atoms with Crippen LogP contribution >= 0.6 is 0 Å². The van der Waals surface area contributed by atoms with Crippen LogP contribution in [0.5, 0.6) is 0 Å². The molecule has 4 heteroatoms. The summed E-state index contributed by atoms with van der Waals surface area (Å²) in [6, 6.07) is 25.6. The molecule has 1 aromatic heterocycles. The third kappa shape index (κ3) is 4.17. The molecule has 4 aromatic rings. The lowest BCUT2D eigenvalue weighted by molar-refractivity contribution is 0.221. The zero-order valence-corrected chi connectivity index (χ0v) is 17.5. The molecule has 1 fully saturated rings. The summed E-state index contributed by atoms with van der Waals surface area (Å²) in [7, 11) is 0. The monoisotopic (exact) mass is 411 g/mol. The number of likely N-dealkylation sites (tertiary alicyclic amines) is 1. The highest BCUT2D eigenvalue weighted by atomic mass is 19.1. The summed E-state index contributed by atoms with van der Waals surface area (Å²) in [5.41, 5.74) is 5.77. The number of hydrogen-bond donors (Lipinski definition) is 0. The molecule has 5 rings (SSSR count). The minimum absolute atomic E-state index is 0.218. The smallest absolute Gasteiger partial charge is 0.132 e. The minimum Gasteiger partial charge on any atom is -0.299 e. The summed E-state index contributed by atoms with van der Waals surface area (Å²) >= 11 is 0. The lowest BCUT2D eigenvalue weighted by Gasteiger charge is -2.26. The van der Waals surface area contributed by atoms with Gasteiger partial charge >= 0.3 is 0 Å². The van der Waals surface area contributed by atoms with Gasteiger partial charge in [-0.3, -0.25) is 4.90 Å². The zero-order chi connectivity index (χ0) is 21.0. The number of aromatic nitrogens is 2. The molecule has 3 nitrogen and oxygen atoms in total. The molecule has 0 atom stereocenters. The van der Waals surface area contributed by atoms with E-state index in [1.54, 1.807) is 6.07 Å². The normalized spacial score (nSPS) is 14.6. The summed E-state index contributed by atoms with van der Waals surface area (Å²) in [6.07, 6.45) is 5.65. The maximum atomic E-state index is 14.8. The van der Waals surface area contributed by atoms with Gasteiger partial charge in [-0.05, 0) is 61.3 Å². The van der Waals surface area contributed by atoms with Crippen LogP contribution in [0.2, 0.25) is 0 Å². The first-order valence-corrected chi connectivity index (χ1v) is 11.0. The summed E-state index contributed by atoms with van der Waals surface area (Å²) in [5.74, 6) is -0.218. The lowest BCUT2D eigenvalue weighted by Crippen LogP contribution is -2.29. The van der Waals surface area contributed by atoms with E-state index in [2.05, 4.69) is 41.3 Å². The van der Waals surface area contributed by atoms with Gasteiger partial charge in [0.05, 0.1) is 17.6 Å². The molecule has 156 valence electrons. The minimum atomic E-state index is -0.218. The van der Waals surface area contributed by atoms with Crippen molar-refractivity contribution in [2.75, 3.05) is 13.1 Å². The van der Waals surface area contributed by atoms with Gasteiger partial charge in [0.15, 0.2) is 0 Å². The summed E-state index contributed by atoms with van der Waals surface area (Å²) in [4.78, 5) is 2.45. The number of hydrogen-bond acceptors (Lipinski definition) is 2. The van der Waals surface area contributed by atoms with Gasteiger partial charge in [-0.15, -0.1) is 0 Å². The fraction of sp³-hybridized carbons (Fsp3) is 0.222. The molecular weight excluding hydrogens is 385 g/mol. The SMILES string of the molecule is Fc1ccccc1-c1c(CN2CCCCC2)cnn1-c1ccc(-c2ccccc2)cc1. The van der Waals surface area contributed by atoms with E-state index in [-0.39, 0.29) is 5.82 Å². The lowest BCUT2D eigenvalue weighted by atomic mass is 10.0. The van der Waals surface area contributed by atoms with Crippen LogP contribution in [-0.2, 0) is 6.54 Å². The summed E-state index contributed by atoms with van der Waals surface area (Å²) in [5, 5.41) is 4.70. The maximum absolute atomic E-state index is 14.8. The van der Waals surface area contributed by atoms with Gasteiger partial charge in [-0.1, -0.05) is 61.0 Å². The molecular formula is C27H26FN3. The quantitative estimate of drug-likeness (QED) is 0.382. The van der Waals surface area contributed by atoms with Crippen LogP contribution in [0, 0.1) is 5.82 Å². The fourth-order valence-corrected chi connectivity index (χ4v) is 4.42. The topological polar surface area (TPSA) is 21.1 Å². The second-order valence-electron chi connectivity index (χ2n) is 8.16. The Morgan fingerprint density at radius 3 is 2.16 bits per heavy atom. The van der Waals surface area contributed by atoms with Gasteiger partial charge in [-0.2, -0.15) is 5.10 Å². The van der Waals surface area contributed by atoms with E-state index in [9.17, 15) is 4.39 Å². The van der Waals surface area contributed by atoms with Crippen molar-refractivity contribution in [1.29, 1.82) is 0 Å². The number of rotatable bonds is 5. The van der Waals surface area contributed by atoms with Gasteiger partial charge in [-0.25, -0.2) is 9.07 Å². The van der Waals surface area contributed by atoms with Crippen LogP contribution in [0.25, 0.3) is 28.1 Å². The van der Waals surface area contributed by atoms with E-state index in [1.165, 1.54) is 30.9 Å². The third-order valence-corrected chi connectivity index (χ3v) is 6.04. The van der Waals surface area contributed by atoms with Crippen LogP contribution in [0.4, 0.5) is 4.39 Å². The average Bonchev–Trinajstić information content (AvgIpc) is 3.24. The number of nitrogens with zero attached hydrogens (tertiary/aromatic N) is 3. The Hall–Kier alpha value is -3.24. The fourth-order valence-electron chi connectivity index (χ4n) is 4.42. The summed E-state index contributed by atoms with van der Waals surface area (Å²) in [6.45, 7) is 2.98. The molecule has 0 bridgehead atoms. The van der Waals surface area contributed by atoms with Gasteiger partial charge < -0.3 is 0 Å². The van der Waals surface area contributed by atoms with Crippen molar-refractivity contribution in [1.82, 2.24) is 14.7 Å². The Bertz CT molecular complexity index is 1140. The van der Waals surface area contributed by atoms with Crippen LogP contribution in [0.1, 0.15) is 24.8 Å². The molecule has 0 aliphatic carbocycles. The van der Waals surface area contributed by atoms with Crippen molar-refractivity contribution in [3.05, 3.63) is 96.4 Å². The molecule has 0 amide bonds. The summed E-state index contributed by atoms with van der Waals surface area (Å²) < 4.78 is 16.7. The third-order valence-electron chi connectivity index (χ3n) is 6.04. The van der Waals surface area contributed by atoms with Gasteiger partial charge in [0.25, 0.3) is 0 Å². The van der Waals surface area contributed by atoms with Gasteiger partial charge in [0.2, 0.25) is 0 Å². The highest BCUT2D eigenvalue weighted by molar-refractivity contribution is 5.68. The van der Waals surface area contributed by atoms with Crippen molar-refractivity contribution in [2.24, 2.45) is 0 Å². The Kier molecular flexibility index (Phi) is 5.63. The van der Waals surface area contributed by atoms with Crippen molar-refractivity contribution in [3.63, 3.8) is 0 Å². The van der Waals surface area contributed by atoms with E-state index >= 15 is 0 Å². The zero-order valence-electron chi connectivity index (χ0n) is 17.5. The highest BCUT2D eigenvalue weighted by Gasteiger charge is 2.20. The van der Waals surface area contributed by atoms with E-state index in [0.717, 1.165) is 42.1 Å². The average molecular weight is 412 g/mol. The first-order chi connectivity index (χ1) is 15.3. The van der Waals surface area contributed by atoms with E-state index < -0.39 is 0 Å². The second kappa shape index (κ2) is 8.86. The molecule has 31 heavy (non-hydrogen) atoms. The van der Waals surface area contributed by atoms with Gasteiger partial charge in [0.1, 0.15) is 5.82 Å². The Morgan fingerprint density at radius 2 is 1.42 bits per heavy atom. The van der Waals surface area contributed by atoms with Crippen LogP contribution in [-0.4, -0.2) is 27.8 Å². The molecule has 0 unspecified atom stereocenters. The molecule has 2 heterocycles. The second-order valence-corrected chi connectivity index (χ2v) is 8.16. The van der Waals surface area contributed by atoms with E-state index in [1.807, 2.05) is 41.2 Å². The molecule has 3 aromatic carbocycles. The standard InChI is InChI=1S/C27H26FN3/c28-26-12-6-5-11-25(26)27-23(20-30-17-7-2-8-18-30)19-29-31(27)24-15-13-22(14-16-24)21-9-3-1-4-10-21/h1,3-6,9-16,19H,2,7-8,17-18,20H2. The molecule has 0 N–H and O–H groups in total. The number of piperidine rings is 1. The maximum Gasteiger partial charge on any atom is 0.132 e. The first-order valence-electron chi connectivity index (χ1n) is 11.0. The van der Waals surface area contributed by atoms with Gasteiger partial charge in [0, 0.05) is 17.7 Å². The molecule has 0 saturated carbocycles. The molecule has 0 spiro atoms. The van der Waals surface area contributed by atoms with Crippen molar-refractivity contribution in [2.45, 2.75) is 25.8 Å². The largest absolute Gasteiger partial charge is 0.299 e. The molecule has 0 radical (unpaired) electrons. The highest BCUT2D eigenvalue weighted by Crippen LogP contribution is 2.31. The Morgan fingerprint density at radius 1 is 0.742 bits per heavy atom. The Labute approximate surface area is 182 Å². The predicted molar refractivity (Wildman–Crippen MR) is 124 cm³/mol. The van der Waals surface area contributed by atoms with E-state index in [4.69, 9.17) is 5.10 Å².